The van der Waals surface area contributed by atoms with Crippen molar-refractivity contribution in [2.45, 2.75) is 55.7 Å². The van der Waals surface area contributed by atoms with Crippen molar-refractivity contribution in [1.82, 2.24) is 19.7 Å². The predicted molar refractivity (Wildman–Crippen MR) is 139 cm³/mol. The highest BCUT2D eigenvalue weighted by Gasteiger charge is 2.30. The molecule has 1 saturated heterocycles. The number of aromatic amines is 1. The van der Waals surface area contributed by atoms with E-state index >= 15 is 0 Å². The molecule has 1 amide bonds. The molecule has 0 bridgehead atoms. The zero-order chi connectivity index (χ0) is 23.8. The van der Waals surface area contributed by atoms with Crippen molar-refractivity contribution in [2.24, 2.45) is 0 Å². The molecule has 2 aromatic carbocycles. The second-order valence-electron chi connectivity index (χ2n) is 9.28. The standard InChI is InChI=1S/C27H29N5O2S/c1-18(26(33)31-14-6-9-19-8-2-5-13-24(19)31)35-27-30-29-25(32(27)17-20-10-7-15-34-20)22-16-28-23-12-4-3-11-21(22)23/h2-5,8,11-13,16,18,20,28H,6-7,9-10,14-15,17H2,1H3. The van der Waals surface area contributed by atoms with Gasteiger partial charge in [-0.25, -0.2) is 0 Å². The van der Waals surface area contributed by atoms with Crippen LogP contribution < -0.4 is 4.90 Å². The molecule has 4 heterocycles. The van der Waals surface area contributed by atoms with Gasteiger partial charge in [-0.1, -0.05) is 48.2 Å². The fourth-order valence-corrected chi connectivity index (χ4v) is 6.10. The van der Waals surface area contributed by atoms with Crippen LogP contribution in [0.3, 0.4) is 0 Å². The first kappa shape index (κ1) is 22.4. The lowest BCUT2D eigenvalue weighted by Crippen LogP contribution is -2.40. The lowest BCUT2D eigenvalue weighted by molar-refractivity contribution is -0.117. The summed E-state index contributed by atoms with van der Waals surface area (Å²) >= 11 is 1.49. The van der Waals surface area contributed by atoms with Gasteiger partial charge in [-0.3, -0.25) is 9.36 Å². The molecular weight excluding hydrogens is 458 g/mol. The molecule has 35 heavy (non-hydrogen) atoms. The molecule has 2 aliphatic rings. The fourth-order valence-electron chi connectivity index (χ4n) is 5.18. The molecule has 2 unspecified atom stereocenters. The topological polar surface area (TPSA) is 76.0 Å². The number of anilines is 1. The van der Waals surface area contributed by atoms with E-state index in [9.17, 15) is 4.79 Å². The molecule has 0 aliphatic carbocycles. The van der Waals surface area contributed by atoms with Crippen LogP contribution in [0.15, 0.2) is 59.9 Å². The highest BCUT2D eigenvalue weighted by molar-refractivity contribution is 8.00. The normalized spacial score (nSPS) is 18.7. The lowest BCUT2D eigenvalue weighted by atomic mass is 10.0. The Balaban J connectivity index is 1.31. The van der Waals surface area contributed by atoms with Crippen LogP contribution >= 0.6 is 11.8 Å². The fraction of sp³-hybridized carbons (Fsp3) is 0.370. The number of aryl methyl sites for hydroxylation is 1. The summed E-state index contributed by atoms with van der Waals surface area (Å²) < 4.78 is 8.10. The third-order valence-corrected chi connectivity index (χ3v) is 8.03. The number of ether oxygens (including phenoxy) is 1. The van der Waals surface area contributed by atoms with Gasteiger partial charge in [0, 0.05) is 41.5 Å². The Hall–Kier alpha value is -3.10. The van der Waals surface area contributed by atoms with Crippen LogP contribution in [0.5, 0.6) is 0 Å². The summed E-state index contributed by atoms with van der Waals surface area (Å²) in [4.78, 5) is 18.8. The molecular formula is C27H29N5O2S. The highest BCUT2D eigenvalue weighted by atomic mass is 32.2. The Morgan fingerprint density at radius 1 is 1.17 bits per heavy atom. The van der Waals surface area contributed by atoms with E-state index in [-0.39, 0.29) is 17.3 Å². The molecule has 1 fully saturated rings. The maximum atomic E-state index is 13.5. The van der Waals surface area contributed by atoms with Crippen LogP contribution in [0.4, 0.5) is 5.69 Å². The first-order chi connectivity index (χ1) is 17.2. The van der Waals surface area contributed by atoms with Crippen molar-refractivity contribution < 1.29 is 9.53 Å². The molecule has 6 rings (SSSR count). The summed E-state index contributed by atoms with van der Waals surface area (Å²) in [7, 11) is 0. The SMILES string of the molecule is CC(Sc1nnc(-c2c[nH]c3ccccc23)n1CC1CCCO1)C(=O)N1CCCc2ccccc21. The highest BCUT2D eigenvalue weighted by Crippen LogP contribution is 2.34. The zero-order valence-corrected chi connectivity index (χ0v) is 20.6. The third kappa shape index (κ3) is 4.25. The summed E-state index contributed by atoms with van der Waals surface area (Å²) in [5, 5.41) is 10.8. The van der Waals surface area contributed by atoms with Gasteiger partial charge < -0.3 is 14.6 Å². The molecule has 7 nitrogen and oxygen atoms in total. The Bertz CT molecular complexity index is 1360. The molecule has 1 N–H and O–H groups in total. The van der Waals surface area contributed by atoms with Crippen molar-refractivity contribution in [1.29, 1.82) is 0 Å². The van der Waals surface area contributed by atoms with E-state index in [1.165, 1.54) is 17.3 Å². The number of hydrogen-bond acceptors (Lipinski definition) is 5. The number of carbonyl (C=O) groups excluding carboxylic acids is 1. The number of carbonyl (C=O) groups is 1. The van der Waals surface area contributed by atoms with Gasteiger partial charge in [0.05, 0.1) is 17.9 Å². The average Bonchev–Trinajstić information content (AvgIpc) is 3.64. The van der Waals surface area contributed by atoms with Crippen molar-refractivity contribution in [2.75, 3.05) is 18.1 Å². The quantitative estimate of drug-likeness (QED) is 0.385. The van der Waals surface area contributed by atoms with E-state index in [1.54, 1.807) is 0 Å². The first-order valence-corrected chi connectivity index (χ1v) is 13.2. The molecule has 2 atom stereocenters. The molecule has 0 spiro atoms. The average molecular weight is 488 g/mol. The second kappa shape index (κ2) is 9.51. The Kier molecular flexibility index (Phi) is 6.08. The number of aromatic nitrogens is 4. The van der Waals surface area contributed by atoms with Crippen molar-refractivity contribution in [3.63, 3.8) is 0 Å². The maximum absolute atomic E-state index is 13.5. The van der Waals surface area contributed by atoms with Gasteiger partial charge >= 0.3 is 0 Å². The molecule has 0 radical (unpaired) electrons. The number of H-pyrrole nitrogens is 1. The summed E-state index contributed by atoms with van der Waals surface area (Å²) in [5.74, 6) is 0.922. The minimum absolute atomic E-state index is 0.113. The Morgan fingerprint density at radius 3 is 2.91 bits per heavy atom. The van der Waals surface area contributed by atoms with Gasteiger partial charge in [0.15, 0.2) is 11.0 Å². The lowest BCUT2D eigenvalue weighted by Gasteiger charge is -2.31. The Labute approximate surface area is 208 Å². The zero-order valence-electron chi connectivity index (χ0n) is 19.8. The van der Waals surface area contributed by atoms with Crippen LogP contribution in [-0.4, -0.2) is 50.2 Å². The van der Waals surface area contributed by atoms with Gasteiger partial charge in [0.2, 0.25) is 5.91 Å². The monoisotopic (exact) mass is 487 g/mol. The predicted octanol–water partition coefficient (Wildman–Crippen LogP) is 5.07. The van der Waals surface area contributed by atoms with E-state index in [0.717, 1.165) is 72.0 Å². The number of fused-ring (bicyclic) bond motifs is 2. The van der Waals surface area contributed by atoms with Gasteiger partial charge in [-0.15, -0.1) is 10.2 Å². The van der Waals surface area contributed by atoms with E-state index in [1.807, 2.05) is 42.3 Å². The summed E-state index contributed by atoms with van der Waals surface area (Å²) in [6.07, 6.45) is 6.23. The number of para-hydroxylation sites is 2. The van der Waals surface area contributed by atoms with Gasteiger partial charge in [0.25, 0.3) is 0 Å². The molecule has 2 aliphatic heterocycles. The van der Waals surface area contributed by atoms with Crippen LogP contribution in [0.1, 0.15) is 31.7 Å². The minimum atomic E-state index is -0.288. The summed E-state index contributed by atoms with van der Waals surface area (Å²) in [5.41, 5.74) is 4.36. The number of amides is 1. The third-order valence-electron chi connectivity index (χ3n) is 6.96. The van der Waals surface area contributed by atoms with Crippen LogP contribution in [-0.2, 0) is 22.5 Å². The van der Waals surface area contributed by atoms with Crippen LogP contribution in [0.25, 0.3) is 22.3 Å². The first-order valence-electron chi connectivity index (χ1n) is 12.4. The number of thioether (sulfide) groups is 1. The number of hydrogen-bond donors (Lipinski definition) is 1. The van der Waals surface area contributed by atoms with E-state index in [4.69, 9.17) is 4.74 Å². The number of rotatable bonds is 6. The largest absolute Gasteiger partial charge is 0.376 e. The van der Waals surface area contributed by atoms with Crippen molar-refractivity contribution in [3.05, 3.63) is 60.3 Å². The second-order valence-corrected chi connectivity index (χ2v) is 10.6. The van der Waals surface area contributed by atoms with Crippen molar-refractivity contribution in [3.8, 4) is 11.4 Å². The number of nitrogens with zero attached hydrogens (tertiary/aromatic N) is 4. The smallest absolute Gasteiger partial charge is 0.240 e. The van der Waals surface area contributed by atoms with E-state index in [0.29, 0.717) is 6.54 Å². The Morgan fingerprint density at radius 2 is 2.03 bits per heavy atom. The minimum Gasteiger partial charge on any atom is -0.376 e. The summed E-state index contributed by atoms with van der Waals surface area (Å²) in [6.45, 7) is 4.20. The number of benzene rings is 2. The molecule has 180 valence electrons. The van der Waals surface area contributed by atoms with Crippen LogP contribution in [0.2, 0.25) is 0 Å². The molecule has 2 aromatic heterocycles. The molecule has 8 heteroatoms. The maximum Gasteiger partial charge on any atom is 0.240 e. The van der Waals surface area contributed by atoms with E-state index < -0.39 is 0 Å². The van der Waals surface area contributed by atoms with Crippen LogP contribution in [0, 0.1) is 0 Å². The van der Waals surface area contributed by atoms with E-state index in [2.05, 4.69) is 44.0 Å². The molecule has 0 saturated carbocycles. The van der Waals surface area contributed by atoms with Gasteiger partial charge in [-0.2, -0.15) is 0 Å². The number of nitrogens with one attached hydrogen (secondary N) is 1. The summed E-state index contributed by atoms with van der Waals surface area (Å²) in [6, 6.07) is 16.4. The van der Waals surface area contributed by atoms with Crippen molar-refractivity contribution >= 4 is 34.3 Å². The molecule has 4 aromatic rings. The van der Waals surface area contributed by atoms with Gasteiger partial charge in [0.1, 0.15) is 0 Å². The van der Waals surface area contributed by atoms with Gasteiger partial charge in [-0.05, 0) is 50.3 Å².